The second-order valence-electron chi connectivity index (χ2n) is 14.8. The molecule has 3 aromatic rings. The number of ether oxygens (including phenoxy) is 4. The summed E-state index contributed by atoms with van der Waals surface area (Å²) in [6.07, 6.45) is 29.7. The van der Waals surface area contributed by atoms with E-state index >= 15 is 0 Å². The molecular weight excluding hydrogens is 677 g/mol. The Balaban J connectivity index is 1.76. The van der Waals surface area contributed by atoms with Crippen LogP contribution in [0.2, 0.25) is 0 Å². The second-order valence-corrected chi connectivity index (χ2v) is 14.8. The summed E-state index contributed by atoms with van der Waals surface area (Å²) in [5, 5.41) is 8.76. The molecule has 54 heavy (non-hydrogen) atoms. The Morgan fingerprint density at radius 1 is 0.500 bits per heavy atom. The standard InChI is InChI=1S/C46H72N2O6/c1-5-8-11-14-17-20-23-26-33-50-42-36-40(46-48-47-45(54-46)39-29-31-41(32-30-39)53-38(4)49)37-43(51-34-27-24-21-18-15-12-9-6-2)44(42)52-35-28-25-22-19-16-13-10-7-3/h29-32,36-37H,5-28,33-35H2,1-4H3. The van der Waals surface area contributed by atoms with Crippen LogP contribution in [0.5, 0.6) is 23.0 Å². The van der Waals surface area contributed by atoms with Crippen molar-refractivity contribution >= 4 is 5.97 Å². The zero-order valence-electron chi connectivity index (χ0n) is 34.4. The highest BCUT2D eigenvalue weighted by Gasteiger charge is 2.20. The zero-order valence-corrected chi connectivity index (χ0v) is 34.4. The fraction of sp³-hybridized carbons (Fsp3) is 0.674. The molecular formula is C46H72N2O6. The highest BCUT2D eigenvalue weighted by molar-refractivity contribution is 5.70. The predicted octanol–water partition coefficient (Wildman–Crippen LogP) is 13.9. The molecule has 302 valence electrons. The first-order chi connectivity index (χ1) is 26.5. The number of esters is 1. The Kier molecular flexibility index (Phi) is 23.9. The number of unbranched alkanes of at least 4 members (excludes halogenated alkanes) is 21. The van der Waals surface area contributed by atoms with Gasteiger partial charge in [0, 0.05) is 18.1 Å². The quantitative estimate of drug-likeness (QED) is 0.0345. The second kappa shape index (κ2) is 28.8. The maximum Gasteiger partial charge on any atom is 0.308 e. The molecule has 0 aliphatic rings. The lowest BCUT2D eigenvalue weighted by Crippen LogP contribution is -2.07. The lowest BCUT2D eigenvalue weighted by atomic mass is 10.1. The molecule has 1 heterocycles. The maximum atomic E-state index is 11.4. The lowest BCUT2D eigenvalue weighted by molar-refractivity contribution is -0.131. The van der Waals surface area contributed by atoms with Gasteiger partial charge in [-0.3, -0.25) is 4.79 Å². The Morgan fingerprint density at radius 2 is 0.870 bits per heavy atom. The van der Waals surface area contributed by atoms with Gasteiger partial charge in [0.25, 0.3) is 0 Å². The van der Waals surface area contributed by atoms with Gasteiger partial charge in [-0.25, -0.2) is 0 Å². The summed E-state index contributed by atoms with van der Waals surface area (Å²) in [6.45, 7) is 9.99. The van der Waals surface area contributed by atoms with Gasteiger partial charge in [0.05, 0.1) is 19.8 Å². The predicted molar refractivity (Wildman–Crippen MR) is 221 cm³/mol. The van der Waals surface area contributed by atoms with E-state index in [9.17, 15) is 4.79 Å². The van der Waals surface area contributed by atoms with Crippen molar-refractivity contribution in [3.63, 3.8) is 0 Å². The van der Waals surface area contributed by atoms with Gasteiger partial charge in [-0.1, -0.05) is 156 Å². The molecule has 1 aromatic heterocycles. The van der Waals surface area contributed by atoms with Crippen LogP contribution in [-0.4, -0.2) is 36.0 Å². The van der Waals surface area contributed by atoms with Gasteiger partial charge in [0.1, 0.15) is 5.75 Å². The third-order valence-electron chi connectivity index (χ3n) is 9.81. The molecule has 0 fully saturated rings. The van der Waals surface area contributed by atoms with Crippen LogP contribution in [0.1, 0.15) is 182 Å². The fourth-order valence-electron chi connectivity index (χ4n) is 6.59. The van der Waals surface area contributed by atoms with E-state index in [1.54, 1.807) is 24.3 Å². The monoisotopic (exact) mass is 749 g/mol. The minimum atomic E-state index is -0.367. The van der Waals surface area contributed by atoms with Crippen molar-refractivity contribution in [1.82, 2.24) is 10.2 Å². The number of rotatable bonds is 33. The molecule has 0 amide bonds. The molecule has 8 nitrogen and oxygen atoms in total. The molecule has 0 unspecified atom stereocenters. The molecule has 0 bridgehead atoms. The van der Waals surface area contributed by atoms with E-state index in [2.05, 4.69) is 31.0 Å². The van der Waals surface area contributed by atoms with E-state index in [1.807, 2.05) is 12.1 Å². The fourth-order valence-corrected chi connectivity index (χ4v) is 6.59. The van der Waals surface area contributed by atoms with Crippen molar-refractivity contribution < 1.29 is 28.2 Å². The van der Waals surface area contributed by atoms with Crippen LogP contribution in [-0.2, 0) is 4.79 Å². The van der Waals surface area contributed by atoms with Crippen molar-refractivity contribution in [3.05, 3.63) is 36.4 Å². The van der Waals surface area contributed by atoms with Crippen LogP contribution in [0.15, 0.2) is 40.8 Å². The summed E-state index contributed by atoms with van der Waals surface area (Å²) >= 11 is 0. The highest BCUT2D eigenvalue weighted by atomic mass is 16.5. The molecule has 0 aliphatic carbocycles. The molecule has 0 radical (unpaired) electrons. The first kappa shape index (κ1) is 44.8. The van der Waals surface area contributed by atoms with Crippen LogP contribution in [0, 0.1) is 0 Å². The Morgan fingerprint density at radius 3 is 1.28 bits per heavy atom. The molecule has 2 aromatic carbocycles. The molecule has 0 aliphatic heterocycles. The van der Waals surface area contributed by atoms with Gasteiger partial charge in [-0.05, 0) is 55.7 Å². The first-order valence-electron chi connectivity index (χ1n) is 21.7. The van der Waals surface area contributed by atoms with Crippen LogP contribution < -0.4 is 18.9 Å². The van der Waals surface area contributed by atoms with E-state index < -0.39 is 0 Å². The van der Waals surface area contributed by atoms with Crippen LogP contribution >= 0.6 is 0 Å². The van der Waals surface area contributed by atoms with Crippen LogP contribution in [0.4, 0.5) is 0 Å². The summed E-state index contributed by atoms with van der Waals surface area (Å²) in [4.78, 5) is 11.4. The minimum Gasteiger partial charge on any atom is -0.490 e. The molecule has 0 N–H and O–H groups in total. The smallest absolute Gasteiger partial charge is 0.308 e. The molecule has 0 saturated carbocycles. The normalized spacial score (nSPS) is 11.2. The Hall–Kier alpha value is -3.55. The van der Waals surface area contributed by atoms with Gasteiger partial charge in [0.2, 0.25) is 17.5 Å². The lowest BCUT2D eigenvalue weighted by Gasteiger charge is -2.18. The SMILES string of the molecule is CCCCCCCCCCOc1cc(-c2nnc(-c3ccc(OC(C)=O)cc3)o2)cc(OCCCCCCCCCC)c1OCCCCCCCCCC. The van der Waals surface area contributed by atoms with Gasteiger partial charge in [-0.2, -0.15) is 0 Å². The maximum absolute atomic E-state index is 11.4. The average Bonchev–Trinajstić information content (AvgIpc) is 3.67. The first-order valence-corrected chi connectivity index (χ1v) is 21.7. The van der Waals surface area contributed by atoms with E-state index in [0.29, 0.717) is 54.6 Å². The summed E-state index contributed by atoms with van der Waals surface area (Å²) < 4.78 is 30.9. The number of nitrogens with zero attached hydrogens (tertiary/aromatic N) is 2. The third kappa shape index (κ3) is 18.7. The Bertz CT molecular complexity index is 1350. The molecule has 8 heteroatoms. The highest BCUT2D eigenvalue weighted by Crippen LogP contribution is 2.42. The van der Waals surface area contributed by atoms with E-state index in [4.69, 9.17) is 23.4 Å². The number of benzene rings is 2. The topological polar surface area (TPSA) is 92.9 Å². The third-order valence-corrected chi connectivity index (χ3v) is 9.81. The van der Waals surface area contributed by atoms with Gasteiger partial charge < -0.3 is 23.4 Å². The molecule has 0 atom stereocenters. The minimum absolute atomic E-state index is 0.367. The summed E-state index contributed by atoms with van der Waals surface area (Å²) in [5.74, 6) is 2.83. The van der Waals surface area contributed by atoms with Gasteiger partial charge in [0.15, 0.2) is 11.5 Å². The van der Waals surface area contributed by atoms with E-state index in [1.165, 1.54) is 122 Å². The number of hydrogen-bond acceptors (Lipinski definition) is 8. The number of hydrogen-bond donors (Lipinski definition) is 0. The summed E-state index contributed by atoms with van der Waals surface area (Å²) in [6, 6.07) is 10.9. The van der Waals surface area contributed by atoms with Crippen molar-refractivity contribution in [2.75, 3.05) is 19.8 Å². The van der Waals surface area contributed by atoms with Crippen LogP contribution in [0.25, 0.3) is 22.9 Å². The van der Waals surface area contributed by atoms with E-state index in [0.717, 1.165) is 49.7 Å². The Labute approximate surface area is 327 Å². The number of aromatic nitrogens is 2. The number of carbonyl (C=O) groups is 1. The molecule has 0 saturated heterocycles. The number of carbonyl (C=O) groups excluding carboxylic acids is 1. The van der Waals surface area contributed by atoms with Gasteiger partial charge in [-0.15, -0.1) is 10.2 Å². The summed E-state index contributed by atoms with van der Waals surface area (Å²) in [7, 11) is 0. The average molecular weight is 749 g/mol. The molecule has 3 rings (SSSR count). The largest absolute Gasteiger partial charge is 0.490 e. The van der Waals surface area contributed by atoms with Crippen molar-refractivity contribution in [3.8, 4) is 45.9 Å². The molecule has 0 spiro atoms. The summed E-state index contributed by atoms with van der Waals surface area (Å²) in [5.41, 5.74) is 1.45. The van der Waals surface area contributed by atoms with Crippen molar-refractivity contribution in [2.45, 2.75) is 182 Å². The zero-order chi connectivity index (χ0) is 38.5. The van der Waals surface area contributed by atoms with E-state index in [-0.39, 0.29) is 5.97 Å². The van der Waals surface area contributed by atoms with Crippen molar-refractivity contribution in [2.24, 2.45) is 0 Å². The van der Waals surface area contributed by atoms with Crippen molar-refractivity contribution in [1.29, 1.82) is 0 Å². The van der Waals surface area contributed by atoms with Crippen LogP contribution in [0.3, 0.4) is 0 Å². The van der Waals surface area contributed by atoms with Gasteiger partial charge >= 0.3 is 5.97 Å².